The largest absolute Gasteiger partial charge is 0.313 e. The maximum Gasteiger partial charge on any atom is 0.0128 e. The van der Waals surface area contributed by atoms with Gasteiger partial charge in [0.1, 0.15) is 0 Å². The smallest absolute Gasteiger partial charge is 0.0128 e. The van der Waals surface area contributed by atoms with Gasteiger partial charge in [0.05, 0.1) is 0 Å². The van der Waals surface area contributed by atoms with E-state index in [9.17, 15) is 0 Å². The van der Waals surface area contributed by atoms with Crippen molar-refractivity contribution >= 4 is 0 Å². The molecule has 1 atom stereocenters. The molecule has 1 unspecified atom stereocenters. The lowest BCUT2D eigenvalue weighted by molar-refractivity contribution is 0.139. The van der Waals surface area contributed by atoms with E-state index in [0.717, 1.165) is 12.6 Å². The fourth-order valence-corrected chi connectivity index (χ4v) is 2.50. The summed E-state index contributed by atoms with van der Waals surface area (Å²) in [5.41, 5.74) is 0.371. The number of nitrogens with zero attached hydrogens (tertiary/aromatic N) is 1. The third-order valence-electron chi connectivity index (χ3n) is 4.15. The average Bonchev–Trinajstić information content (AvgIpc) is 2.12. The SMILES string of the molecule is CCCNC(CCN(C)C1CCC1)C(C)(C)C. The molecule has 0 spiro atoms. The molecule has 0 aliphatic heterocycles. The van der Waals surface area contributed by atoms with Crippen LogP contribution in [-0.4, -0.2) is 37.1 Å². The third kappa shape index (κ3) is 4.97. The van der Waals surface area contributed by atoms with Crippen LogP contribution in [0.5, 0.6) is 0 Å². The van der Waals surface area contributed by atoms with E-state index in [4.69, 9.17) is 0 Å². The summed E-state index contributed by atoms with van der Waals surface area (Å²) in [6.45, 7) is 11.7. The lowest BCUT2D eigenvalue weighted by atomic mass is 9.84. The van der Waals surface area contributed by atoms with Crippen molar-refractivity contribution in [3.8, 4) is 0 Å². The van der Waals surface area contributed by atoms with Crippen LogP contribution in [0, 0.1) is 5.41 Å². The quantitative estimate of drug-likeness (QED) is 0.735. The molecule has 0 aromatic carbocycles. The van der Waals surface area contributed by atoms with Crippen molar-refractivity contribution in [2.24, 2.45) is 5.41 Å². The molecule has 2 nitrogen and oxygen atoms in total. The van der Waals surface area contributed by atoms with Gasteiger partial charge in [-0.2, -0.15) is 0 Å². The van der Waals surface area contributed by atoms with Crippen LogP contribution in [0.3, 0.4) is 0 Å². The van der Waals surface area contributed by atoms with Crippen molar-refractivity contribution in [3.05, 3.63) is 0 Å². The van der Waals surface area contributed by atoms with Crippen molar-refractivity contribution in [2.45, 2.75) is 71.9 Å². The minimum absolute atomic E-state index is 0.371. The summed E-state index contributed by atoms with van der Waals surface area (Å²) in [6, 6.07) is 1.52. The molecule has 0 saturated heterocycles. The average molecular weight is 240 g/mol. The van der Waals surface area contributed by atoms with Gasteiger partial charge in [0, 0.05) is 12.1 Å². The van der Waals surface area contributed by atoms with E-state index in [1.54, 1.807) is 0 Å². The van der Waals surface area contributed by atoms with Gasteiger partial charge in [-0.15, -0.1) is 0 Å². The Hall–Kier alpha value is -0.0800. The summed E-state index contributed by atoms with van der Waals surface area (Å²) >= 11 is 0. The van der Waals surface area contributed by atoms with Crippen LogP contribution in [0.4, 0.5) is 0 Å². The Labute approximate surface area is 108 Å². The van der Waals surface area contributed by atoms with Crippen molar-refractivity contribution in [1.29, 1.82) is 0 Å². The van der Waals surface area contributed by atoms with Crippen LogP contribution in [0.15, 0.2) is 0 Å². The first-order valence-corrected chi connectivity index (χ1v) is 7.38. The van der Waals surface area contributed by atoms with Gasteiger partial charge in [-0.05, 0) is 51.2 Å². The Kier molecular flexibility index (Phi) is 5.94. The lowest BCUT2D eigenvalue weighted by Gasteiger charge is -2.38. The van der Waals surface area contributed by atoms with Crippen LogP contribution >= 0.6 is 0 Å². The molecule has 2 heteroatoms. The lowest BCUT2D eigenvalue weighted by Crippen LogP contribution is -2.45. The molecule has 1 N–H and O–H groups in total. The third-order valence-corrected chi connectivity index (χ3v) is 4.15. The number of hydrogen-bond donors (Lipinski definition) is 1. The highest BCUT2D eigenvalue weighted by Gasteiger charge is 2.26. The topological polar surface area (TPSA) is 15.3 Å². The van der Waals surface area contributed by atoms with E-state index in [0.29, 0.717) is 11.5 Å². The van der Waals surface area contributed by atoms with Crippen molar-refractivity contribution in [3.63, 3.8) is 0 Å². The molecule has 1 saturated carbocycles. The molecule has 0 radical (unpaired) electrons. The summed E-state index contributed by atoms with van der Waals surface area (Å²) in [5, 5.41) is 3.71. The van der Waals surface area contributed by atoms with E-state index < -0.39 is 0 Å². The predicted octanol–water partition coefficient (Wildman–Crippen LogP) is 3.28. The molecule has 0 amide bonds. The van der Waals surface area contributed by atoms with Crippen LogP contribution in [0.1, 0.15) is 59.8 Å². The number of nitrogens with one attached hydrogen (secondary N) is 1. The second kappa shape index (κ2) is 6.75. The van der Waals surface area contributed by atoms with E-state index >= 15 is 0 Å². The van der Waals surface area contributed by atoms with Gasteiger partial charge < -0.3 is 10.2 Å². The summed E-state index contributed by atoms with van der Waals surface area (Å²) in [5.74, 6) is 0. The molecular formula is C15H32N2. The molecule has 0 bridgehead atoms. The number of hydrogen-bond acceptors (Lipinski definition) is 2. The molecule has 1 rings (SSSR count). The monoisotopic (exact) mass is 240 g/mol. The molecular weight excluding hydrogens is 208 g/mol. The van der Waals surface area contributed by atoms with Gasteiger partial charge >= 0.3 is 0 Å². The Balaban J connectivity index is 2.31. The first kappa shape index (κ1) is 15.0. The molecule has 1 aliphatic rings. The normalized spacial score (nSPS) is 19.4. The molecule has 0 aromatic rings. The zero-order valence-corrected chi connectivity index (χ0v) is 12.6. The van der Waals surface area contributed by atoms with Crippen molar-refractivity contribution < 1.29 is 0 Å². The summed E-state index contributed by atoms with van der Waals surface area (Å²) in [4.78, 5) is 2.57. The molecule has 102 valence electrons. The van der Waals surface area contributed by atoms with E-state index in [1.165, 1.54) is 38.6 Å². The van der Waals surface area contributed by atoms with Crippen LogP contribution in [-0.2, 0) is 0 Å². The Morgan fingerprint density at radius 2 is 1.94 bits per heavy atom. The van der Waals surface area contributed by atoms with Gasteiger partial charge in [0.15, 0.2) is 0 Å². The Bertz CT molecular complexity index is 203. The number of rotatable bonds is 7. The minimum Gasteiger partial charge on any atom is -0.313 e. The highest BCUT2D eigenvalue weighted by molar-refractivity contribution is 4.83. The zero-order chi connectivity index (χ0) is 12.9. The Morgan fingerprint density at radius 3 is 2.35 bits per heavy atom. The molecule has 1 aliphatic carbocycles. The summed E-state index contributed by atoms with van der Waals surface area (Å²) in [7, 11) is 2.30. The molecule has 17 heavy (non-hydrogen) atoms. The Morgan fingerprint density at radius 1 is 1.29 bits per heavy atom. The van der Waals surface area contributed by atoms with Crippen LogP contribution in [0.2, 0.25) is 0 Å². The van der Waals surface area contributed by atoms with Gasteiger partial charge in [-0.25, -0.2) is 0 Å². The standard InChI is InChI=1S/C15H32N2/c1-6-11-16-14(15(2,3)4)10-12-17(5)13-8-7-9-13/h13-14,16H,6-12H2,1-5H3. The second-order valence-corrected chi connectivity index (χ2v) is 6.73. The van der Waals surface area contributed by atoms with E-state index in [2.05, 4.69) is 45.0 Å². The van der Waals surface area contributed by atoms with Gasteiger partial charge in [-0.1, -0.05) is 34.1 Å². The predicted molar refractivity (Wildman–Crippen MR) is 76.4 cm³/mol. The van der Waals surface area contributed by atoms with Gasteiger partial charge in [0.2, 0.25) is 0 Å². The molecule has 1 fully saturated rings. The van der Waals surface area contributed by atoms with Crippen molar-refractivity contribution in [1.82, 2.24) is 10.2 Å². The van der Waals surface area contributed by atoms with E-state index in [-0.39, 0.29) is 0 Å². The van der Waals surface area contributed by atoms with Gasteiger partial charge in [0.25, 0.3) is 0 Å². The fraction of sp³-hybridized carbons (Fsp3) is 1.00. The second-order valence-electron chi connectivity index (χ2n) is 6.73. The summed E-state index contributed by atoms with van der Waals surface area (Å²) in [6.07, 6.45) is 6.77. The maximum atomic E-state index is 3.71. The highest BCUT2D eigenvalue weighted by atomic mass is 15.1. The van der Waals surface area contributed by atoms with E-state index in [1.807, 2.05) is 0 Å². The van der Waals surface area contributed by atoms with Gasteiger partial charge in [-0.3, -0.25) is 0 Å². The first-order valence-electron chi connectivity index (χ1n) is 7.38. The summed E-state index contributed by atoms with van der Waals surface area (Å²) < 4.78 is 0. The van der Waals surface area contributed by atoms with Crippen molar-refractivity contribution in [2.75, 3.05) is 20.1 Å². The first-order chi connectivity index (χ1) is 7.95. The maximum absolute atomic E-state index is 3.71. The zero-order valence-electron chi connectivity index (χ0n) is 12.6. The molecule has 0 aromatic heterocycles. The van der Waals surface area contributed by atoms with Crippen LogP contribution in [0.25, 0.3) is 0 Å². The highest BCUT2D eigenvalue weighted by Crippen LogP contribution is 2.26. The minimum atomic E-state index is 0.371. The van der Waals surface area contributed by atoms with Crippen LogP contribution < -0.4 is 5.32 Å². The molecule has 0 heterocycles. The fourth-order valence-electron chi connectivity index (χ4n) is 2.50.